The zero-order chi connectivity index (χ0) is 21.1. The van der Waals surface area contributed by atoms with Crippen molar-refractivity contribution in [3.8, 4) is 5.75 Å². The zero-order valence-corrected chi connectivity index (χ0v) is 17.0. The van der Waals surface area contributed by atoms with Gasteiger partial charge in [0.2, 0.25) is 0 Å². The molecule has 2 aromatic rings. The van der Waals surface area contributed by atoms with Gasteiger partial charge in [0, 0.05) is 36.1 Å². The standard InChI is InChI=1S/C19H18BCl2N3O4/c1-24-8-13(7-23)12-5-15(21)17(16(22)6-12)19(26)25-9-11-3-2-4-14(20(27)28)18(11)29-10-25/h2-8,27-28H,9-10,23H2,1H3. The van der Waals surface area contributed by atoms with Crippen molar-refractivity contribution in [1.82, 2.24) is 4.90 Å². The minimum Gasteiger partial charge on any atom is -0.473 e. The number of rotatable bonds is 4. The van der Waals surface area contributed by atoms with E-state index in [2.05, 4.69) is 4.99 Å². The number of halogens is 2. The molecule has 7 nitrogen and oxygen atoms in total. The van der Waals surface area contributed by atoms with Crippen LogP contribution in [0.15, 0.2) is 41.5 Å². The number of para-hydroxylation sites is 1. The molecule has 10 heteroatoms. The van der Waals surface area contributed by atoms with Crippen LogP contribution in [0.25, 0.3) is 5.57 Å². The molecule has 1 aliphatic rings. The van der Waals surface area contributed by atoms with Gasteiger partial charge in [-0.25, -0.2) is 0 Å². The Hall–Kier alpha value is -2.52. The molecule has 150 valence electrons. The lowest BCUT2D eigenvalue weighted by Gasteiger charge is -2.30. The Morgan fingerprint density at radius 1 is 1.31 bits per heavy atom. The number of carbonyl (C=O) groups excluding carboxylic acids is 1. The van der Waals surface area contributed by atoms with Gasteiger partial charge in [0.1, 0.15) is 5.75 Å². The number of nitrogens with two attached hydrogens (primary N) is 1. The number of hydrogen-bond acceptors (Lipinski definition) is 6. The fourth-order valence-corrected chi connectivity index (χ4v) is 3.74. The topological polar surface area (TPSA) is 108 Å². The molecule has 0 radical (unpaired) electrons. The molecule has 4 N–H and O–H groups in total. The third kappa shape index (κ3) is 4.25. The molecule has 0 bridgehead atoms. The highest BCUT2D eigenvalue weighted by Crippen LogP contribution is 2.32. The van der Waals surface area contributed by atoms with Crippen LogP contribution in [-0.2, 0) is 6.54 Å². The van der Waals surface area contributed by atoms with Crippen LogP contribution in [0, 0.1) is 0 Å². The van der Waals surface area contributed by atoms with Gasteiger partial charge in [-0.1, -0.05) is 41.4 Å². The van der Waals surface area contributed by atoms with Crippen LogP contribution in [0.4, 0.5) is 0 Å². The van der Waals surface area contributed by atoms with Crippen molar-refractivity contribution in [2.24, 2.45) is 10.7 Å². The molecule has 1 heterocycles. The summed E-state index contributed by atoms with van der Waals surface area (Å²) in [6.45, 7) is 0.125. The maximum absolute atomic E-state index is 13.1. The van der Waals surface area contributed by atoms with Gasteiger partial charge in [-0.3, -0.25) is 9.79 Å². The van der Waals surface area contributed by atoms with Gasteiger partial charge >= 0.3 is 7.12 Å². The highest BCUT2D eigenvalue weighted by Gasteiger charge is 2.29. The lowest BCUT2D eigenvalue weighted by molar-refractivity contribution is 0.0517. The Bertz CT molecular complexity index is 988. The molecular formula is C19H18BCl2N3O4. The first-order valence-corrected chi connectivity index (χ1v) is 9.36. The van der Waals surface area contributed by atoms with E-state index in [-0.39, 0.29) is 34.3 Å². The van der Waals surface area contributed by atoms with Gasteiger partial charge in [0.25, 0.3) is 5.91 Å². The van der Waals surface area contributed by atoms with E-state index in [1.807, 2.05) is 0 Å². The lowest BCUT2D eigenvalue weighted by atomic mass is 9.78. The summed E-state index contributed by atoms with van der Waals surface area (Å²) in [4.78, 5) is 18.4. The summed E-state index contributed by atoms with van der Waals surface area (Å²) in [6.07, 6.45) is 2.94. The number of hydrogen-bond donors (Lipinski definition) is 3. The van der Waals surface area contributed by atoms with E-state index < -0.39 is 13.0 Å². The molecule has 0 aromatic heterocycles. The van der Waals surface area contributed by atoms with Crippen LogP contribution in [0.1, 0.15) is 21.5 Å². The number of amides is 1. The molecule has 0 atom stereocenters. The van der Waals surface area contributed by atoms with E-state index in [1.54, 1.807) is 43.6 Å². The third-order valence-corrected chi connectivity index (χ3v) is 5.05. The van der Waals surface area contributed by atoms with E-state index in [4.69, 9.17) is 33.7 Å². The molecule has 0 spiro atoms. The summed E-state index contributed by atoms with van der Waals surface area (Å²) in [7, 11) is -0.0555. The van der Waals surface area contributed by atoms with E-state index in [1.165, 1.54) is 11.1 Å². The number of carbonyl (C=O) groups is 1. The second kappa shape index (κ2) is 8.88. The second-order valence-corrected chi connectivity index (χ2v) is 7.12. The van der Waals surface area contributed by atoms with E-state index >= 15 is 0 Å². The summed E-state index contributed by atoms with van der Waals surface area (Å²) in [5.41, 5.74) is 7.90. The maximum atomic E-state index is 13.1. The minimum absolute atomic E-state index is 0.0829. The van der Waals surface area contributed by atoms with Crippen LogP contribution in [0.5, 0.6) is 5.75 Å². The molecule has 2 aromatic carbocycles. The van der Waals surface area contributed by atoms with E-state index in [0.29, 0.717) is 22.4 Å². The zero-order valence-electron chi connectivity index (χ0n) is 15.5. The van der Waals surface area contributed by atoms with Crippen molar-refractivity contribution in [3.05, 3.63) is 63.3 Å². The van der Waals surface area contributed by atoms with Gasteiger partial charge in [0.15, 0.2) is 6.73 Å². The number of fused-ring (bicyclic) bond motifs is 1. The molecular weight excluding hydrogens is 416 g/mol. The van der Waals surface area contributed by atoms with Crippen LogP contribution < -0.4 is 15.9 Å². The highest BCUT2D eigenvalue weighted by molar-refractivity contribution is 6.59. The Labute approximate surface area is 178 Å². The van der Waals surface area contributed by atoms with Crippen molar-refractivity contribution in [1.29, 1.82) is 0 Å². The molecule has 29 heavy (non-hydrogen) atoms. The maximum Gasteiger partial charge on any atom is 0.492 e. The van der Waals surface area contributed by atoms with Gasteiger partial charge in [-0.05, 0) is 17.7 Å². The summed E-state index contributed by atoms with van der Waals surface area (Å²) in [5, 5.41) is 19.3. The van der Waals surface area contributed by atoms with Crippen LogP contribution in [-0.4, -0.2) is 48.0 Å². The predicted octanol–water partition coefficient (Wildman–Crippen LogP) is 1.67. The highest BCUT2D eigenvalue weighted by atomic mass is 35.5. The van der Waals surface area contributed by atoms with Crippen molar-refractivity contribution >= 4 is 53.5 Å². The molecule has 1 aliphatic heterocycles. The van der Waals surface area contributed by atoms with Crippen LogP contribution in [0.3, 0.4) is 0 Å². The molecule has 0 aliphatic carbocycles. The van der Waals surface area contributed by atoms with Crippen molar-refractivity contribution in [3.63, 3.8) is 0 Å². The van der Waals surface area contributed by atoms with Crippen LogP contribution >= 0.6 is 23.2 Å². The van der Waals surface area contributed by atoms with E-state index in [9.17, 15) is 14.8 Å². The number of ether oxygens (including phenoxy) is 1. The second-order valence-electron chi connectivity index (χ2n) is 6.31. The van der Waals surface area contributed by atoms with Crippen molar-refractivity contribution < 1.29 is 19.6 Å². The molecule has 3 rings (SSSR count). The summed E-state index contributed by atoms with van der Waals surface area (Å²) < 4.78 is 5.62. The SMILES string of the molecule is CN=CC(=CN)c1cc(Cl)c(C(=O)N2COc3c(cccc3B(O)O)C2)c(Cl)c1. The van der Waals surface area contributed by atoms with Gasteiger partial charge < -0.3 is 25.4 Å². The number of allylic oxidation sites excluding steroid dienone is 1. The molecule has 0 saturated carbocycles. The van der Waals surface area contributed by atoms with Crippen molar-refractivity contribution in [2.75, 3.05) is 13.8 Å². The fraction of sp³-hybridized carbons (Fsp3) is 0.158. The Balaban J connectivity index is 1.91. The summed E-state index contributed by atoms with van der Waals surface area (Å²) >= 11 is 12.7. The predicted molar refractivity (Wildman–Crippen MR) is 115 cm³/mol. The quantitative estimate of drug-likeness (QED) is 0.502. The van der Waals surface area contributed by atoms with Gasteiger partial charge in [0.05, 0.1) is 22.2 Å². The average molecular weight is 434 g/mol. The monoisotopic (exact) mass is 433 g/mol. The Morgan fingerprint density at radius 3 is 2.59 bits per heavy atom. The number of benzene rings is 2. The Kier molecular flexibility index (Phi) is 6.49. The number of aliphatic imine (C=N–C) groups is 1. The largest absolute Gasteiger partial charge is 0.492 e. The molecule has 0 fully saturated rings. The van der Waals surface area contributed by atoms with Crippen LogP contribution in [0.2, 0.25) is 10.0 Å². The summed E-state index contributed by atoms with van der Waals surface area (Å²) in [6, 6.07) is 8.15. The summed E-state index contributed by atoms with van der Waals surface area (Å²) in [5.74, 6) is -0.0507. The first kappa shape index (κ1) is 21.2. The molecule has 0 unspecified atom stereocenters. The smallest absolute Gasteiger partial charge is 0.473 e. The lowest BCUT2D eigenvalue weighted by Crippen LogP contribution is -2.41. The van der Waals surface area contributed by atoms with E-state index in [0.717, 1.165) is 0 Å². The molecule has 0 saturated heterocycles. The third-order valence-electron chi connectivity index (χ3n) is 4.46. The minimum atomic E-state index is -1.67. The number of nitrogens with zero attached hydrogens (tertiary/aromatic N) is 2. The Morgan fingerprint density at radius 2 is 2.00 bits per heavy atom. The molecule has 1 amide bonds. The fourth-order valence-electron chi connectivity index (χ4n) is 3.09. The van der Waals surface area contributed by atoms with Gasteiger partial charge in [-0.15, -0.1) is 0 Å². The average Bonchev–Trinajstić information content (AvgIpc) is 2.70. The first-order valence-electron chi connectivity index (χ1n) is 8.60. The van der Waals surface area contributed by atoms with Gasteiger partial charge in [-0.2, -0.15) is 0 Å². The first-order chi connectivity index (χ1) is 13.9. The normalized spacial score (nSPS) is 14.0. The van der Waals surface area contributed by atoms with Crippen molar-refractivity contribution in [2.45, 2.75) is 6.54 Å².